The molecule has 1 aliphatic rings. The molecular formula is C14H21N3O3. The molecule has 0 amide bonds. The van der Waals surface area contributed by atoms with E-state index in [4.69, 9.17) is 4.74 Å². The van der Waals surface area contributed by atoms with E-state index in [1.54, 1.807) is 12.1 Å². The molecular weight excluding hydrogens is 258 g/mol. The fourth-order valence-electron chi connectivity index (χ4n) is 2.67. The normalized spacial score (nSPS) is 23.6. The van der Waals surface area contributed by atoms with Gasteiger partial charge in [0.2, 0.25) is 0 Å². The van der Waals surface area contributed by atoms with Gasteiger partial charge in [0.25, 0.3) is 0 Å². The Labute approximate surface area is 118 Å². The van der Waals surface area contributed by atoms with Gasteiger partial charge < -0.3 is 10.1 Å². The van der Waals surface area contributed by atoms with Crippen molar-refractivity contribution in [2.24, 2.45) is 0 Å². The van der Waals surface area contributed by atoms with Crippen molar-refractivity contribution < 1.29 is 9.66 Å². The van der Waals surface area contributed by atoms with Gasteiger partial charge in [0.05, 0.1) is 12.0 Å². The van der Waals surface area contributed by atoms with E-state index in [2.05, 4.69) is 24.1 Å². The van der Waals surface area contributed by atoms with Crippen molar-refractivity contribution in [3.05, 3.63) is 33.9 Å². The minimum absolute atomic E-state index is 0.0282. The van der Waals surface area contributed by atoms with Gasteiger partial charge in [-0.2, -0.15) is 0 Å². The first-order valence-corrected chi connectivity index (χ1v) is 6.80. The molecule has 2 rings (SSSR count). The lowest BCUT2D eigenvalue weighted by Crippen LogP contribution is -2.54. The van der Waals surface area contributed by atoms with E-state index < -0.39 is 4.92 Å². The maximum Gasteiger partial charge on any atom is 0.311 e. The third kappa shape index (κ3) is 3.08. The molecule has 0 spiro atoms. The van der Waals surface area contributed by atoms with E-state index in [0.717, 1.165) is 25.2 Å². The van der Waals surface area contributed by atoms with Gasteiger partial charge in [-0.3, -0.25) is 15.0 Å². The molecule has 0 radical (unpaired) electrons. The Balaban J connectivity index is 2.20. The van der Waals surface area contributed by atoms with E-state index in [-0.39, 0.29) is 5.69 Å². The topological polar surface area (TPSA) is 67.6 Å². The van der Waals surface area contributed by atoms with Crippen molar-refractivity contribution in [2.45, 2.75) is 32.5 Å². The molecule has 0 aromatic heterocycles. The van der Waals surface area contributed by atoms with Crippen LogP contribution in [0.5, 0.6) is 5.75 Å². The van der Waals surface area contributed by atoms with Gasteiger partial charge in [-0.1, -0.05) is 6.07 Å². The number of nitro groups is 1. The SMILES string of the molecule is COc1ccc(CN2C(C)CNCC2C)cc1[N+](=O)[O-]. The summed E-state index contributed by atoms with van der Waals surface area (Å²) in [6.07, 6.45) is 0. The number of ether oxygens (including phenoxy) is 1. The molecule has 20 heavy (non-hydrogen) atoms. The van der Waals surface area contributed by atoms with Crippen LogP contribution in [0.15, 0.2) is 18.2 Å². The summed E-state index contributed by atoms with van der Waals surface area (Å²) in [6.45, 7) is 6.95. The zero-order chi connectivity index (χ0) is 14.7. The average Bonchev–Trinajstić information content (AvgIpc) is 2.43. The van der Waals surface area contributed by atoms with Crippen molar-refractivity contribution in [3.63, 3.8) is 0 Å². The molecule has 6 heteroatoms. The molecule has 0 saturated carbocycles. The molecule has 1 N–H and O–H groups in total. The maximum atomic E-state index is 11.1. The highest BCUT2D eigenvalue weighted by atomic mass is 16.6. The monoisotopic (exact) mass is 279 g/mol. The summed E-state index contributed by atoms with van der Waals surface area (Å²) in [5.74, 6) is 0.306. The molecule has 2 atom stereocenters. The Morgan fingerprint density at radius 1 is 1.40 bits per heavy atom. The third-order valence-corrected chi connectivity index (χ3v) is 3.82. The lowest BCUT2D eigenvalue weighted by Gasteiger charge is -2.39. The van der Waals surface area contributed by atoms with E-state index in [1.807, 2.05) is 6.07 Å². The fourth-order valence-corrected chi connectivity index (χ4v) is 2.67. The van der Waals surface area contributed by atoms with Crippen LogP contribution in [0.25, 0.3) is 0 Å². The molecule has 1 fully saturated rings. The van der Waals surface area contributed by atoms with Gasteiger partial charge in [0, 0.05) is 37.8 Å². The maximum absolute atomic E-state index is 11.1. The van der Waals surface area contributed by atoms with Gasteiger partial charge in [0.15, 0.2) is 5.75 Å². The molecule has 1 aromatic carbocycles. The van der Waals surface area contributed by atoms with Crippen LogP contribution in [0, 0.1) is 10.1 Å². The summed E-state index contributed by atoms with van der Waals surface area (Å²) in [6, 6.07) is 6.01. The first kappa shape index (κ1) is 14.7. The summed E-state index contributed by atoms with van der Waals surface area (Å²) in [5.41, 5.74) is 0.971. The standard InChI is InChI=1S/C14H21N3O3/c1-10-7-15-8-11(2)16(10)9-12-4-5-14(20-3)13(6-12)17(18)19/h4-6,10-11,15H,7-9H2,1-3H3. The molecule has 1 aliphatic heterocycles. The smallest absolute Gasteiger partial charge is 0.311 e. The lowest BCUT2D eigenvalue weighted by atomic mass is 10.1. The zero-order valence-corrected chi connectivity index (χ0v) is 12.1. The number of piperazine rings is 1. The fraction of sp³-hybridized carbons (Fsp3) is 0.571. The quantitative estimate of drug-likeness (QED) is 0.672. The summed E-state index contributed by atoms with van der Waals surface area (Å²) in [5, 5.41) is 14.4. The Morgan fingerprint density at radius 3 is 2.60 bits per heavy atom. The minimum atomic E-state index is -0.396. The van der Waals surface area contributed by atoms with Crippen molar-refractivity contribution >= 4 is 5.69 Å². The Kier molecular flexibility index (Phi) is 4.57. The number of rotatable bonds is 4. The summed E-state index contributed by atoms with van der Waals surface area (Å²) >= 11 is 0. The first-order chi connectivity index (χ1) is 9.52. The zero-order valence-electron chi connectivity index (χ0n) is 12.1. The molecule has 6 nitrogen and oxygen atoms in total. The molecule has 2 unspecified atom stereocenters. The molecule has 0 bridgehead atoms. The Bertz CT molecular complexity index is 483. The highest BCUT2D eigenvalue weighted by Gasteiger charge is 2.25. The molecule has 1 heterocycles. The van der Waals surface area contributed by atoms with Crippen molar-refractivity contribution in [2.75, 3.05) is 20.2 Å². The second-order valence-corrected chi connectivity index (χ2v) is 5.29. The predicted octanol–water partition coefficient (Wildman–Crippen LogP) is 1.79. The first-order valence-electron chi connectivity index (χ1n) is 6.80. The number of hydrogen-bond acceptors (Lipinski definition) is 5. The van der Waals surface area contributed by atoms with Gasteiger partial charge in [-0.05, 0) is 25.5 Å². The summed E-state index contributed by atoms with van der Waals surface area (Å²) < 4.78 is 5.03. The number of hydrogen-bond donors (Lipinski definition) is 1. The van der Waals surface area contributed by atoms with Crippen LogP contribution in [0.4, 0.5) is 5.69 Å². The van der Waals surface area contributed by atoms with E-state index in [0.29, 0.717) is 17.8 Å². The molecule has 110 valence electrons. The van der Waals surface area contributed by atoms with E-state index in [1.165, 1.54) is 7.11 Å². The highest BCUT2D eigenvalue weighted by Crippen LogP contribution is 2.28. The van der Waals surface area contributed by atoms with Crippen LogP contribution in [0.3, 0.4) is 0 Å². The van der Waals surface area contributed by atoms with Crippen LogP contribution in [0.1, 0.15) is 19.4 Å². The van der Waals surface area contributed by atoms with Crippen LogP contribution in [-0.4, -0.2) is 42.1 Å². The largest absolute Gasteiger partial charge is 0.490 e. The second-order valence-electron chi connectivity index (χ2n) is 5.29. The van der Waals surface area contributed by atoms with Crippen LogP contribution >= 0.6 is 0 Å². The lowest BCUT2D eigenvalue weighted by molar-refractivity contribution is -0.385. The third-order valence-electron chi connectivity index (χ3n) is 3.82. The molecule has 1 aromatic rings. The van der Waals surface area contributed by atoms with Crippen LogP contribution < -0.4 is 10.1 Å². The van der Waals surface area contributed by atoms with Crippen LogP contribution in [0.2, 0.25) is 0 Å². The summed E-state index contributed by atoms with van der Waals surface area (Å²) in [4.78, 5) is 13.0. The van der Waals surface area contributed by atoms with Gasteiger partial charge in [-0.25, -0.2) is 0 Å². The molecule has 0 aliphatic carbocycles. The van der Waals surface area contributed by atoms with Crippen molar-refractivity contribution in [1.82, 2.24) is 10.2 Å². The van der Waals surface area contributed by atoms with E-state index in [9.17, 15) is 10.1 Å². The summed E-state index contributed by atoms with van der Waals surface area (Å²) in [7, 11) is 1.45. The minimum Gasteiger partial charge on any atom is -0.490 e. The predicted molar refractivity (Wildman–Crippen MR) is 77.0 cm³/mol. The number of nitrogens with one attached hydrogen (secondary N) is 1. The van der Waals surface area contributed by atoms with Crippen molar-refractivity contribution in [1.29, 1.82) is 0 Å². The second kappa shape index (κ2) is 6.19. The number of nitrogens with zero attached hydrogens (tertiary/aromatic N) is 2. The number of nitro benzene ring substituents is 1. The average molecular weight is 279 g/mol. The van der Waals surface area contributed by atoms with Crippen LogP contribution in [-0.2, 0) is 6.54 Å². The van der Waals surface area contributed by atoms with Crippen molar-refractivity contribution in [3.8, 4) is 5.75 Å². The van der Waals surface area contributed by atoms with Gasteiger partial charge in [0.1, 0.15) is 0 Å². The highest BCUT2D eigenvalue weighted by molar-refractivity contribution is 5.48. The number of benzene rings is 1. The Hall–Kier alpha value is -1.66. The molecule has 1 saturated heterocycles. The number of methoxy groups -OCH3 is 1. The van der Waals surface area contributed by atoms with E-state index >= 15 is 0 Å². The van der Waals surface area contributed by atoms with Gasteiger partial charge in [-0.15, -0.1) is 0 Å². The van der Waals surface area contributed by atoms with Gasteiger partial charge >= 0.3 is 5.69 Å². The Morgan fingerprint density at radius 2 is 2.05 bits per heavy atom.